The number of nitrogens with zero attached hydrogens (tertiary/aromatic N) is 8. The van der Waals surface area contributed by atoms with E-state index in [9.17, 15) is 25.0 Å². The number of anilines is 1. The first kappa shape index (κ1) is 19.9. The van der Waals surface area contributed by atoms with Gasteiger partial charge in [-0.25, -0.2) is 15.0 Å². The molecule has 0 bridgehead atoms. The second-order valence-corrected chi connectivity index (χ2v) is 6.74. The lowest BCUT2D eigenvalue weighted by atomic mass is 10.1. The molecule has 0 N–H and O–H groups in total. The van der Waals surface area contributed by atoms with E-state index in [1.807, 2.05) is 11.0 Å². The summed E-state index contributed by atoms with van der Waals surface area (Å²) in [5.74, 6) is 0.856. The molecule has 4 rings (SSSR count). The number of rotatable bonds is 5. The highest BCUT2D eigenvalue weighted by Gasteiger charge is 2.26. The summed E-state index contributed by atoms with van der Waals surface area (Å²) < 4.78 is 1.75. The highest BCUT2D eigenvalue weighted by atomic mass is 16.6. The maximum atomic E-state index is 12.8. The first-order valence-corrected chi connectivity index (χ1v) is 9.21. The number of piperazine rings is 1. The molecule has 2 aromatic heterocycles. The summed E-state index contributed by atoms with van der Waals surface area (Å²) in [6.45, 7) is 1.62. The maximum Gasteiger partial charge on any atom is 0.277 e. The summed E-state index contributed by atoms with van der Waals surface area (Å²) >= 11 is 0. The predicted octanol–water partition coefficient (Wildman–Crippen LogP) is 1.44. The largest absolute Gasteiger partial charge is 0.353 e. The Hall–Kier alpha value is -4.42. The number of hydrogen-bond donors (Lipinski definition) is 0. The van der Waals surface area contributed by atoms with Crippen LogP contribution in [0.1, 0.15) is 10.4 Å². The quantitative estimate of drug-likeness (QED) is 0.437. The molecule has 0 radical (unpaired) electrons. The number of amides is 1. The summed E-state index contributed by atoms with van der Waals surface area (Å²) in [4.78, 5) is 49.5. The molecule has 1 aliphatic rings. The number of hydrogen-bond acceptors (Lipinski definition) is 9. The van der Waals surface area contributed by atoms with Gasteiger partial charge < -0.3 is 9.80 Å². The zero-order valence-corrected chi connectivity index (χ0v) is 16.1. The monoisotopic (exact) mass is 424 g/mol. The van der Waals surface area contributed by atoms with Crippen molar-refractivity contribution >= 4 is 23.1 Å². The van der Waals surface area contributed by atoms with Crippen molar-refractivity contribution in [2.75, 3.05) is 31.1 Å². The minimum Gasteiger partial charge on any atom is -0.353 e. The number of benzene rings is 1. The fourth-order valence-corrected chi connectivity index (χ4v) is 3.30. The van der Waals surface area contributed by atoms with Gasteiger partial charge >= 0.3 is 0 Å². The molecule has 1 saturated heterocycles. The molecule has 1 amide bonds. The third kappa shape index (κ3) is 4.14. The van der Waals surface area contributed by atoms with Gasteiger partial charge in [0.05, 0.1) is 21.5 Å². The first-order valence-electron chi connectivity index (χ1n) is 9.21. The highest BCUT2D eigenvalue weighted by Crippen LogP contribution is 2.24. The molecule has 1 fully saturated rings. The average Bonchev–Trinajstić information content (AvgIpc) is 3.33. The van der Waals surface area contributed by atoms with Crippen LogP contribution >= 0.6 is 0 Å². The van der Waals surface area contributed by atoms with Gasteiger partial charge in [-0.3, -0.25) is 29.6 Å². The summed E-state index contributed by atoms with van der Waals surface area (Å²) in [5, 5.41) is 22.1. The van der Waals surface area contributed by atoms with E-state index < -0.39 is 27.1 Å². The Morgan fingerprint density at radius 1 is 0.903 bits per heavy atom. The van der Waals surface area contributed by atoms with Crippen LogP contribution in [0, 0.1) is 20.2 Å². The molecule has 0 unspecified atom stereocenters. The fourth-order valence-electron chi connectivity index (χ4n) is 3.30. The Balaban J connectivity index is 1.48. The van der Waals surface area contributed by atoms with E-state index in [-0.39, 0.29) is 5.56 Å². The van der Waals surface area contributed by atoms with Crippen molar-refractivity contribution < 1.29 is 14.6 Å². The number of nitro groups is 2. The van der Waals surface area contributed by atoms with Crippen LogP contribution in [0.4, 0.5) is 17.2 Å². The van der Waals surface area contributed by atoms with Gasteiger partial charge in [0, 0.05) is 56.8 Å². The standard InChI is InChI=1S/C18H16N8O5/c27-18(13-7-14(25(28)29)9-15(8-13)26(30)31)23-5-3-22(4-6-23)16-10-17(21-11-20-16)24-2-1-19-12-24/h1-2,7-12H,3-6H2. The predicted molar refractivity (Wildman–Crippen MR) is 107 cm³/mol. The molecular formula is C18H16N8O5. The smallest absolute Gasteiger partial charge is 0.277 e. The Bertz CT molecular complexity index is 1110. The van der Waals surface area contributed by atoms with Crippen LogP contribution in [-0.4, -0.2) is 66.4 Å². The second kappa shape index (κ2) is 8.14. The van der Waals surface area contributed by atoms with Gasteiger partial charge in [-0.05, 0) is 0 Å². The number of non-ortho nitro benzene ring substituents is 2. The minimum absolute atomic E-state index is 0.0845. The summed E-state index contributed by atoms with van der Waals surface area (Å²) in [7, 11) is 0. The molecule has 0 spiro atoms. The second-order valence-electron chi connectivity index (χ2n) is 6.74. The lowest BCUT2D eigenvalue weighted by molar-refractivity contribution is -0.394. The van der Waals surface area contributed by atoms with Crippen molar-refractivity contribution in [2.45, 2.75) is 0 Å². The van der Waals surface area contributed by atoms with Gasteiger partial charge in [-0.2, -0.15) is 0 Å². The molecular weight excluding hydrogens is 408 g/mol. The van der Waals surface area contributed by atoms with Crippen molar-refractivity contribution in [3.8, 4) is 5.82 Å². The van der Waals surface area contributed by atoms with Gasteiger partial charge in [0.1, 0.15) is 24.3 Å². The number of aromatic nitrogens is 4. The average molecular weight is 424 g/mol. The van der Waals surface area contributed by atoms with Crippen LogP contribution in [0.5, 0.6) is 0 Å². The fraction of sp³-hybridized carbons (Fsp3) is 0.222. The van der Waals surface area contributed by atoms with Crippen LogP contribution in [-0.2, 0) is 0 Å². The first-order chi connectivity index (χ1) is 14.9. The number of carbonyl (C=O) groups is 1. The lowest BCUT2D eigenvalue weighted by Gasteiger charge is -2.35. The summed E-state index contributed by atoms with van der Waals surface area (Å²) in [5.41, 5.74) is -1.08. The zero-order valence-electron chi connectivity index (χ0n) is 16.1. The number of nitro benzene ring substituents is 2. The van der Waals surface area contributed by atoms with Crippen molar-refractivity contribution in [2.24, 2.45) is 0 Å². The van der Waals surface area contributed by atoms with E-state index in [2.05, 4.69) is 15.0 Å². The topological polar surface area (TPSA) is 153 Å². The molecule has 31 heavy (non-hydrogen) atoms. The van der Waals surface area contributed by atoms with Gasteiger partial charge in [-0.1, -0.05) is 0 Å². The van der Waals surface area contributed by atoms with Crippen molar-refractivity contribution in [1.29, 1.82) is 0 Å². The molecule has 0 atom stereocenters. The van der Waals surface area contributed by atoms with E-state index >= 15 is 0 Å². The Labute approximate surface area is 174 Å². The van der Waals surface area contributed by atoms with Crippen molar-refractivity contribution in [1.82, 2.24) is 24.4 Å². The maximum absolute atomic E-state index is 12.8. The van der Waals surface area contributed by atoms with E-state index in [0.29, 0.717) is 37.8 Å². The minimum atomic E-state index is -0.755. The molecule has 158 valence electrons. The molecule has 1 aromatic carbocycles. The Morgan fingerprint density at radius 2 is 1.55 bits per heavy atom. The number of imidazole rings is 1. The lowest BCUT2D eigenvalue weighted by Crippen LogP contribution is -2.49. The Morgan fingerprint density at radius 3 is 2.13 bits per heavy atom. The van der Waals surface area contributed by atoms with Crippen molar-refractivity contribution in [3.63, 3.8) is 0 Å². The normalized spacial score (nSPS) is 13.8. The third-order valence-corrected chi connectivity index (χ3v) is 4.87. The van der Waals surface area contributed by atoms with Crippen LogP contribution in [0.2, 0.25) is 0 Å². The molecule has 0 aliphatic carbocycles. The molecule has 0 saturated carbocycles. The van der Waals surface area contributed by atoms with E-state index in [4.69, 9.17) is 0 Å². The van der Waals surface area contributed by atoms with Crippen LogP contribution in [0.15, 0.2) is 49.3 Å². The number of carbonyl (C=O) groups excluding carboxylic acids is 1. The van der Waals surface area contributed by atoms with Gasteiger partial charge in [0.2, 0.25) is 0 Å². The van der Waals surface area contributed by atoms with Crippen LogP contribution in [0.3, 0.4) is 0 Å². The van der Waals surface area contributed by atoms with Gasteiger partial charge in [-0.15, -0.1) is 0 Å². The van der Waals surface area contributed by atoms with Gasteiger partial charge in [0.15, 0.2) is 0 Å². The van der Waals surface area contributed by atoms with Gasteiger partial charge in [0.25, 0.3) is 17.3 Å². The zero-order chi connectivity index (χ0) is 22.0. The van der Waals surface area contributed by atoms with Crippen LogP contribution in [0.25, 0.3) is 5.82 Å². The molecule has 13 heteroatoms. The molecule has 13 nitrogen and oxygen atoms in total. The summed E-state index contributed by atoms with van der Waals surface area (Å²) in [6, 6.07) is 4.76. The van der Waals surface area contributed by atoms with E-state index in [1.54, 1.807) is 23.3 Å². The highest BCUT2D eigenvalue weighted by molar-refractivity contribution is 5.95. The van der Waals surface area contributed by atoms with Crippen LogP contribution < -0.4 is 4.90 Å². The molecule has 1 aliphatic heterocycles. The van der Waals surface area contributed by atoms with Crippen molar-refractivity contribution in [3.05, 3.63) is 75.1 Å². The van der Waals surface area contributed by atoms with E-state index in [1.165, 1.54) is 11.2 Å². The molecule has 3 aromatic rings. The summed E-state index contributed by atoms with van der Waals surface area (Å²) in [6.07, 6.45) is 6.48. The third-order valence-electron chi connectivity index (χ3n) is 4.87. The Kier molecular flexibility index (Phi) is 5.22. The SMILES string of the molecule is O=C(c1cc([N+](=O)[O-])cc([N+](=O)[O-])c1)N1CCN(c2cc(-n3ccnc3)ncn2)CC1. The van der Waals surface area contributed by atoms with E-state index in [0.717, 1.165) is 18.2 Å². The molecule has 3 heterocycles.